The van der Waals surface area contributed by atoms with Gasteiger partial charge in [0.25, 0.3) is 0 Å². The van der Waals surface area contributed by atoms with Gasteiger partial charge < -0.3 is 20.2 Å². The number of halogens is 1. The van der Waals surface area contributed by atoms with Crippen LogP contribution in [0.25, 0.3) is 10.9 Å². The Morgan fingerprint density at radius 3 is 2.56 bits per heavy atom. The van der Waals surface area contributed by atoms with Crippen LogP contribution in [0.2, 0.25) is 0 Å². The number of nitrogens with one attached hydrogen (secondary N) is 2. The molecule has 1 heterocycles. The summed E-state index contributed by atoms with van der Waals surface area (Å²) in [5.74, 6) is -2.04. The molecule has 5 nitrogen and oxygen atoms in total. The van der Waals surface area contributed by atoms with Crippen LogP contribution in [0.4, 0.5) is 4.39 Å². The summed E-state index contributed by atoms with van der Waals surface area (Å²) in [4.78, 5) is 26.4. The van der Waals surface area contributed by atoms with E-state index >= 15 is 0 Å². The van der Waals surface area contributed by atoms with Crippen LogP contribution in [0.5, 0.6) is 0 Å². The first kappa shape index (κ1) is 16.7. The first-order valence-electron chi connectivity index (χ1n) is 7.82. The molecule has 1 unspecified atom stereocenters. The number of aromatic amines is 1. The van der Waals surface area contributed by atoms with Gasteiger partial charge in [-0.3, -0.25) is 4.79 Å². The van der Waals surface area contributed by atoms with E-state index in [1.54, 1.807) is 6.20 Å². The third kappa shape index (κ3) is 4.03. The fraction of sp³-hybridized carbons (Fsp3) is 0.158. The van der Waals surface area contributed by atoms with Crippen LogP contribution < -0.4 is 10.4 Å². The van der Waals surface area contributed by atoms with E-state index in [1.807, 2.05) is 24.3 Å². The lowest BCUT2D eigenvalue weighted by molar-refractivity contribution is -0.306. The number of amides is 1. The van der Waals surface area contributed by atoms with Crippen LogP contribution in [0, 0.1) is 5.82 Å². The lowest BCUT2D eigenvalue weighted by atomic mass is 10.0. The van der Waals surface area contributed by atoms with E-state index < -0.39 is 17.8 Å². The van der Waals surface area contributed by atoms with E-state index in [4.69, 9.17) is 0 Å². The Morgan fingerprint density at radius 1 is 1.12 bits per heavy atom. The molecule has 6 heteroatoms. The van der Waals surface area contributed by atoms with E-state index in [2.05, 4.69) is 10.3 Å². The molecule has 0 saturated carbocycles. The number of fused-ring (bicyclic) bond motifs is 1. The lowest BCUT2D eigenvalue weighted by Gasteiger charge is -2.20. The Hall–Kier alpha value is -3.15. The Kier molecular flexibility index (Phi) is 4.79. The Balaban J connectivity index is 1.75. The Bertz CT molecular complexity index is 902. The number of carboxylic acid groups (broad SMARTS) is 1. The second-order valence-corrected chi connectivity index (χ2v) is 5.78. The largest absolute Gasteiger partial charge is 0.550 e. The molecule has 2 N–H and O–H groups in total. The molecule has 1 atom stereocenters. The van der Waals surface area contributed by atoms with Gasteiger partial charge in [0.05, 0.1) is 12.5 Å². The molecule has 3 rings (SSSR count). The monoisotopic (exact) mass is 339 g/mol. The minimum absolute atomic E-state index is 0.106. The van der Waals surface area contributed by atoms with E-state index in [1.165, 1.54) is 24.3 Å². The maximum atomic E-state index is 13.1. The molecule has 3 aromatic rings. The van der Waals surface area contributed by atoms with E-state index in [-0.39, 0.29) is 18.7 Å². The molecule has 128 valence electrons. The minimum atomic E-state index is -1.29. The number of rotatable bonds is 6. The number of H-pyrrole nitrogens is 1. The second-order valence-electron chi connectivity index (χ2n) is 5.78. The maximum absolute atomic E-state index is 13.1. The fourth-order valence-corrected chi connectivity index (χ4v) is 2.81. The summed E-state index contributed by atoms with van der Waals surface area (Å²) in [7, 11) is 0. The highest BCUT2D eigenvalue weighted by molar-refractivity contribution is 5.89. The zero-order valence-corrected chi connectivity index (χ0v) is 13.3. The van der Waals surface area contributed by atoms with Crippen molar-refractivity contribution in [1.82, 2.24) is 10.3 Å². The Labute approximate surface area is 143 Å². The van der Waals surface area contributed by atoms with Crippen molar-refractivity contribution in [2.75, 3.05) is 0 Å². The molecular formula is C19H16FN2O3-. The SMILES string of the molecule is O=C([O-])CC(NC(=O)Cc1c[nH]c2ccccc12)c1ccc(F)cc1. The predicted molar refractivity (Wildman–Crippen MR) is 88.9 cm³/mol. The summed E-state index contributed by atoms with van der Waals surface area (Å²) in [6, 6.07) is 12.2. The number of carbonyl (C=O) groups is 2. The highest BCUT2D eigenvalue weighted by Gasteiger charge is 2.16. The quantitative estimate of drug-likeness (QED) is 0.719. The maximum Gasteiger partial charge on any atom is 0.224 e. The van der Waals surface area contributed by atoms with Crippen molar-refractivity contribution >= 4 is 22.8 Å². The summed E-state index contributed by atoms with van der Waals surface area (Å²) in [5, 5.41) is 14.6. The van der Waals surface area contributed by atoms with Crippen LogP contribution >= 0.6 is 0 Å². The number of para-hydroxylation sites is 1. The van der Waals surface area contributed by atoms with Crippen molar-refractivity contribution < 1.29 is 19.1 Å². The Morgan fingerprint density at radius 2 is 1.84 bits per heavy atom. The molecule has 1 amide bonds. The van der Waals surface area contributed by atoms with Gasteiger partial charge >= 0.3 is 0 Å². The third-order valence-electron chi connectivity index (χ3n) is 4.00. The topological polar surface area (TPSA) is 85.0 Å². The van der Waals surface area contributed by atoms with Gasteiger partial charge in [-0.15, -0.1) is 0 Å². The van der Waals surface area contributed by atoms with Crippen LogP contribution in [0.3, 0.4) is 0 Å². The molecule has 0 radical (unpaired) electrons. The van der Waals surface area contributed by atoms with Gasteiger partial charge in [0.2, 0.25) is 5.91 Å². The van der Waals surface area contributed by atoms with Crippen molar-refractivity contribution in [1.29, 1.82) is 0 Å². The number of carbonyl (C=O) groups excluding carboxylic acids is 2. The number of carboxylic acids is 1. The zero-order chi connectivity index (χ0) is 17.8. The molecule has 0 fully saturated rings. The highest BCUT2D eigenvalue weighted by atomic mass is 19.1. The van der Waals surface area contributed by atoms with Crippen LogP contribution in [-0.2, 0) is 16.0 Å². The fourth-order valence-electron chi connectivity index (χ4n) is 2.81. The number of benzene rings is 2. The van der Waals surface area contributed by atoms with Gasteiger partial charge in [0.1, 0.15) is 5.82 Å². The van der Waals surface area contributed by atoms with Crippen molar-refractivity contribution in [2.24, 2.45) is 0 Å². The van der Waals surface area contributed by atoms with Gasteiger partial charge in [-0.1, -0.05) is 30.3 Å². The van der Waals surface area contributed by atoms with Gasteiger partial charge in [-0.2, -0.15) is 0 Å². The van der Waals surface area contributed by atoms with E-state index in [0.717, 1.165) is 16.5 Å². The molecule has 0 saturated heterocycles. The molecule has 0 aliphatic heterocycles. The van der Waals surface area contributed by atoms with Crippen LogP contribution in [-0.4, -0.2) is 16.9 Å². The van der Waals surface area contributed by atoms with Crippen molar-refractivity contribution in [2.45, 2.75) is 18.9 Å². The normalized spacial score (nSPS) is 12.0. The van der Waals surface area contributed by atoms with E-state index in [0.29, 0.717) is 5.56 Å². The standard InChI is InChI=1S/C19H17FN2O3/c20-14-7-5-12(6-8-14)17(10-19(24)25)22-18(23)9-13-11-21-16-4-2-1-3-15(13)16/h1-8,11,17,21H,9-10H2,(H,22,23)(H,24,25)/p-1. The van der Waals surface area contributed by atoms with Gasteiger partial charge in [0, 0.05) is 29.5 Å². The van der Waals surface area contributed by atoms with Gasteiger partial charge in [-0.25, -0.2) is 4.39 Å². The average Bonchev–Trinajstić information content (AvgIpc) is 2.98. The first-order valence-corrected chi connectivity index (χ1v) is 7.82. The predicted octanol–water partition coefficient (Wildman–Crippen LogP) is 1.85. The molecule has 0 aliphatic carbocycles. The first-order chi connectivity index (χ1) is 12.0. The summed E-state index contributed by atoms with van der Waals surface area (Å²) in [5.41, 5.74) is 2.26. The molecule has 1 aromatic heterocycles. The zero-order valence-electron chi connectivity index (χ0n) is 13.3. The van der Waals surface area contributed by atoms with Crippen molar-refractivity contribution in [3.63, 3.8) is 0 Å². The van der Waals surface area contributed by atoms with Crippen LogP contribution in [0.1, 0.15) is 23.6 Å². The molecule has 0 bridgehead atoms. The van der Waals surface area contributed by atoms with Crippen molar-refractivity contribution in [3.05, 3.63) is 71.7 Å². The number of aromatic nitrogens is 1. The summed E-state index contributed by atoms with van der Waals surface area (Å²) in [6.45, 7) is 0. The smallest absolute Gasteiger partial charge is 0.224 e. The van der Waals surface area contributed by atoms with Gasteiger partial charge in [0.15, 0.2) is 0 Å². The minimum Gasteiger partial charge on any atom is -0.550 e. The number of hydrogen-bond donors (Lipinski definition) is 2. The molecule has 0 spiro atoms. The molecular weight excluding hydrogens is 323 g/mol. The van der Waals surface area contributed by atoms with Crippen LogP contribution in [0.15, 0.2) is 54.7 Å². The average molecular weight is 339 g/mol. The molecule has 0 aliphatic rings. The van der Waals surface area contributed by atoms with Gasteiger partial charge in [-0.05, 0) is 29.3 Å². The van der Waals surface area contributed by atoms with Crippen molar-refractivity contribution in [3.8, 4) is 0 Å². The lowest BCUT2D eigenvalue weighted by Crippen LogP contribution is -2.35. The summed E-state index contributed by atoms with van der Waals surface area (Å²) in [6.07, 6.45) is 1.48. The molecule has 2 aromatic carbocycles. The third-order valence-corrected chi connectivity index (χ3v) is 4.00. The number of hydrogen-bond acceptors (Lipinski definition) is 3. The second kappa shape index (κ2) is 7.17. The van der Waals surface area contributed by atoms with E-state index in [9.17, 15) is 19.1 Å². The number of aliphatic carboxylic acids is 1. The highest BCUT2D eigenvalue weighted by Crippen LogP contribution is 2.20. The molecule has 25 heavy (non-hydrogen) atoms. The summed E-state index contributed by atoms with van der Waals surface area (Å²) < 4.78 is 13.1. The summed E-state index contributed by atoms with van der Waals surface area (Å²) >= 11 is 0.